The van der Waals surface area contributed by atoms with Crippen LogP contribution >= 0.6 is 0 Å². The average molecular weight is 362 g/mol. The zero-order valence-corrected chi connectivity index (χ0v) is 15.3. The quantitative estimate of drug-likeness (QED) is 0.697. The molecule has 3 aromatic heterocycles. The minimum absolute atomic E-state index is 0.0256. The van der Waals surface area contributed by atoms with Gasteiger partial charge in [0.05, 0.1) is 5.39 Å². The lowest BCUT2D eigenvalue weighted by molar-refractivity contribution is -0.127. The van der Waals surface area contributed by atoms with Gasteiger partial charge in [-0.3, -0.25) is 9.78 Å². The van der Waals surface area contributed by atoms with Crippen LogP contribution in [0.4, 0.5) is 5.82 Å². The second-order valence-electron chi connectivity index (χ2n) is 6.81. The van der Waals surface area contributed by atoms with Crippen molar-refractivity contribution in [2.24, 2.45) is 0 Å². The topological polar surface area (TPSA) is 86.8 Å². The molecule has 0 aliphatic carbocycles. The summed E-state index contributed by atoms with van der Waals surface area (Å²) in [5, 5.41) is 4.46. The highest BCUT2D eigenvalue weighted by molar-refractivity contribution is 6.00. The summed E-state index contributed by atoms with van der Waals surface area (Å²) in [6.45, 7) is 6.97. The van der Waals surface area contributed by atoms with Gasteiger partial charge in [0, 0.05) is 48.3 Å². The van der Waals surface area contributed by atoms with Crippen molar-refractivity contribution in [1.29, 1.82) is 0 Å². The van der Waals surface area contributed by atoms with Crippen LogP contribution in [0.25, 0.3) is 22.2 Å². The molecule has 0 spiro atoms. The van der Waals surface area contributed by atoms with Crippen LogP contribution < -0.4 is 5.32 Å². The summed E-state index contributed by atoms with van der Waals surface area (Å²) >= 11 is 0. The molecule has 7 heteroatoms. The highest BCUT2D eigenvalue weighted by Gasteiger charge is 2.23. The number of likely N-dealkylation sites (tertiary alicyclic amines) is 1. The second kappa shape index (κ2) is 7.19. The van der Waals surface area contributed by atoms with E-state index in [1.807, 2.05) is 36.4 Å². The number of aryl methyl sites for hydroxylation is 1. The molecule has 138 valence electrons. The lowest BCUT2D eigenvalue weighted by Gasteiger charge is -2.32. The number of carbonyl (C=O) groups excluding carboxylic acids is 1. The minimum Gasteiger partial charge on any atom is -0.365 e. The molecule has 4 rings (SSSR count). The van der Waals surface area contributed by atoms with E-state index in [9.17, 15) is 4.79 Å². The van der Waals surface area contributed by atoms with Crippen LogP contribution in [0.5, 0.6) is 0 Å². The predicted octanol–water partition coefficient (Wildman–Crippen LogP) is 2.92. The Labute approximate surface area is 157 Å². The maximum absolute atomic E-state index is 11.9. The molecule has 2 N–H and O–H groups in total. The summed E-state index contributed by atoms with van der Waals surface area (Å²) in [6, 6.07) is 4.18. The number of pyridine rings is 1. The lowest BCUT2D eigenvalue weighted by Crippen LogP contribution is -2.44. The number of carbonyl (C=O) groups is 1. The molecule has 4 heterocycles. The third-order valence-electron chi connectivity index (χ3n) is 4.94. The maximum atomic E-state index is 11.9. The summed E-state index contributed by atoms with van der Waals surface area (Å²) in [4.78, 5) is 30.2. The van der Waals surface area contributed by atoms with Crippen molar-refractivity contribution >= 4 is 22.8 Å². The molecule has 1 atom stereocenters. The van der Waals surface area contributed by atoms with Gasteiger partial charge >= 0.3 is 0 Å². The zero-order valence-electron chi connectivity index (χ0n) is 15.3. The van der Waals surface area contributed by atoms with E-state index in [1.54, 1.807) is 6.33 Å². The number of nitrogens with one attached hydrogen (secondary N) is 2. The van der Waals surface area contributed by atoms with E-state index in [1.165, 1.54) is 6.08 Å². The van der Waals surface area contributed by atoms with Crippen LogP contribution in [0.15, 0.2) is 43.5 Å². The van der Waals surface area contributed by atoms with Gasteiger partial charge in [-0.2, -0.15) is 0 Å². The van der Waals surface area contributed by atoms with Crippen molar-refractivity contribution in [3.8, 4) is 11.1 Å². The lowest BCUT2D eigenvalue weighted by atomic mass is 10.0. The van der Waals surface area contributed by atoms with E-state index in [4.69, 9.17) is 0 Å². The number of aromatic nitrogens is 4. The molecule has 0 radical (unpaired) electrons. The fraction of sp³-hybridized carbons (Fsp3) is 0.300. The van der Waals surface area contributed by atoms with E-state index in [2.05, 4.69) is 31.8 Å². The molecule has 0 bridgehead atoms. The van der Waals surface area contributed by atoms with Crippen LogP contribution in [-0.4, -0.2) is 49.9 Å². The predicted molar refractivity (Wildman–Crippen MR) is 105 cm³/mol. The number of rotatable bonds is 4. The van der Waals surface area contributed by atoms with Gasteiger partial charge in [0.25, 0.3) is 0 Å². The molecule has 0 saturated carbocycles. The number of nitrogens with zero attached hydrogens (tertiary/aromatic N) is 4. The first kappa shape index (κ1) is 17.2. The van der Waals surface area contributed by atoms with Crippen molar-refractivity contribution in [2.75, 3.05) is 18.4 Å². The first-order valence-electron chi connectivity index (χ1n) is 9.08. The molecule has 1 amide bonds. The first-order chi connectivity index (χ1) is 13.2. The summed E-state index contributed by atoms with van der Waals surface area (Å²) < 4.78 is 0. The van der Waals surface area contributed by atoms with Crippen molar-refractivity contribution < 1.29 is 4.79 Å². The van der Waals surface area contributed by atoms with Crippen LogP contribution in [0.2, 0.25) is 0 Å². The van der Waals surface area contributed by atoms with Crippen molar-refractivity contribution in [3.05, 3.63) is 49.2 Å². The Morgan fingerprint density at radius 3 is 3.04 bits per heavy atom. The van der Waals surface area contributed by atoms with Crippen LogP contribution in [0, 0.1) is 6.92 Å². The molecule has 1 aliphatic rings. The minimum atomic E-state index is -0.0256. The monoisotopic (exact) mass is 362 g/mol. The third-order valence-corrected chi connectivity index (χ3v) is 4.94. The Morgan fingerprint density at radius 2 is 2.26 bits per heavy atom. The average Bonchev–Trinajstić information content (AvgIpc) is 3.13. The normalized spacial score (nSPS) is 17.1. The zero-order chi connectivity index (χ0) is 18.8. The Kier molecular flexibility index (Phi) is 4.58. The third kappa shape index (κ3) is 3.40. The number of amides is 1. The Hall–Kier alpha value is -3.22. The summed E-state index contributed by atoms with van der Waals surface area (Å²) in [6.07, 6.45) is 8.66. The largest absolute Gasteiger partial charge is 0.365 e. The number of H-pyrrole nitrogens is 1. The van der Waals surface area contributed by atoms with Crippen molar-refractivity contribution in [2.45, 2.75) is 25.8 Å². The Balaban J connectivity index is 1.66. The molecule has 1 fully saturated rings. The second-order valence-corrected chi connectivity index (χ2v) is 6.81. The van der Waals surface area contributed by atoms with Gasteiger partial charge in [-0.05, 0) is 31.9 Å². The van der Waals surface area contributed by atoms with E-state index < -0.39 is 0 Å². The van der Waals surface area contributed by atoms with E-state index >= 15 is 0 Å². The summed E-state index contributed by atoms with van der Waals surface area (Å²) in [5.41, 5.74) is 3.77. The fourth-order valence-corrected chi connectivity index (χ4v) is 3.54. The van der Waals surface area contributed by atoms with Gasteiger partial charge in [0.1, 0.15) is 17.8 Å². The highest BCUT2D eigenvalue weighted by atomic mass is 16.2. The van der Waals surface area contributed by atoms with Gasteiger partial charge < -0.3 is 15.2 Å². The van der Waals surface area contributed by atoms with Crippen molar-refractivity contribution in [1.82, 2.24) is 24.8 Å². The molecule has 7 nitrogen and oxygen atoms in total. The number of aromatic amines is 1. The molecule has 3 aromatic rings. The Morgan fingerprint density at radius 1 is 1.37 bits per heavy atom. The van der Waals surface area contributed by atoms with Gasteiger partial charge in [-0.15, -0.1) is 0 Å². The van der Waals surface area contributed by atoms with Gasteiger partial charge in [-0.25, -0.2) is 9.97 Å². The molecule has 27 heavy (non-hydrogen) atoms. The van der Waals surface area contributed by atoms with Crippen LogP contribution in [-0.2, 0) is 4.79 Å². The highest BCUT2D eigenvalue weighted by Crippen LogP contribution is 2.32. The number of hydrogen-bond acceptors (Lipinski definition) is 5. The molecular weight excluding hydrogens is 340 g/mol. The van der Waals surface area contributed by atoms with Gasteiger partial charge in [-0.1, -0.05) is 12.6 Å². The smallest absolute Gasteiger partial charge is 0.246 e. The van der Waals surface area contributed by atoms with E-state index in [0.717, 1.165) is 53.1 Å². The van der Waals surface area contributed by atoms with Crippen LogP contribution in [0.3, 0.4) is 0 Å². The van der Waals surface area contributed by atoms with E-state index in [-0.39, 0.29) is 11.9 Å². The number of fused-ring (bicyclic) bond motifs is 1. The van der Waals surface area contributed by atoms with Gasteiger partial charge in [0.15, 0.2) is 0 Å². The summed E-state index contributed by atoms with van der Waals surface area (Å²) in [5.74, 6) is 0.747. The van der Waals surface area contributed by atoms with Crippen LogP contribution in [0.1, 0.15) is 18.5 Å². The van der Waals surface area contributed by atoms with E-state index in [0.29, 0.717) is 6.54 Å². The number of anilines is 1. The Bertz CT molecular complexity index is 978. The molecular formula is C20H22N6O. The molecule has 1 saturated heterocycles. The summed E-state index contributed by atoms with van der Waals surface area (Å²) in [7, 11) is 0. The SMILES string of the molecule is C=CC(=O)N1CCCC(Nc2ncnc3[nH]cc(-c4ccc(C)nc4)c23)C1. The van der Waals surface area contributed by atoms with Gasteiger partial charge in [0.2, 0.25) is 5.91 Å². The maximum Gasteiger partial charge on any atom is 0.246 e. The standard InChI is InChI=1S/C20H22N6O/c1-3-17(27)26-8-4-5-15(11-26)25-20-18-16(10-22-19(18)23-12-24-20)14-7-6-13(2)21-9-14/h3,6-7,9-10,12,15H,1,4-5,8,11H2,2H3,(H2,22,23,24,25). The van der Waals surface area contributed by atoms with Crippen molar-refractivity contribution in [3.63, 3.8) is 0 Å². The first-order valence-corrected chi connectivity index (χ1v) is 9.08. The molecule has 1 unspecified atom stereocenters. The molecule has 0 aromatic carbocycles. The number of piperidine rings is 1. The molecule has 1 aliphatic heterocycles. The number of hydrogen-bond donors (Lipinski definition) is 2. The fourth-order valence-electron chi connectivity index (χ4n) is 3.54.